The number of aryl methyl sites for hydroxylation is 1. The number of amides is 1. The highest BCUT2D eigenvalue weighted by atomic mass is 32.2. The Kier molecular flexibility index (Phi) is 3.89. The molecule has 1 N–H and O–H groups in total. The number of aromatic nitrogens is 2. The number of nitrogens with one attached hydrogen (secondary N) is 1. The molecule has 23 heavy (non-hydrogen) atoms. The van der Waals surface area contributed by atoms with Gasteiger partial charge in [-0.05, 0) is 37.5 Å². The second kappa shape index (κ2) is 6.04. The van der Waals surface area contributed by atoms with Crippen molar-refractivity contribution in [3.05, 3.63) is 47.3 Å². The van der Waals surface area contributed by atoms with Gasteiger partial charge >= 0.3 is 0 Å². The van der Waals surface area contributed by atoms with Gasteiger partial charge in [0.25, 0.3) is 0 Å². The largest absolute Gasteiger partial charge is 0.341 e. The molecule has 2 atom stereocenters. The second-order valence-electron chi connectivity index (χ2n) is 6.50. The van der Waals surface area contributed by atoms with E-state index in [9.17, 15) is 4.79 Å². The third-order valence-corrected chi connectivity index (χ3v) is 6.06. The average molecular weight is 327 g/mol. The van der Waals surface area contributed by atoms with Gasteiger partial charge in [-0.15, -0.1) is 11.8 Å². The van der Waals surface area contributed by atoms with Crippen LogP contribution >= 0.6 is 11.8 Å². The number of piperidine rings is 1. The Bertz CT molecular complexity index is 727. The normalized spacial score (nSPS) is 23.8. The lowest BCUT2D eigenvalue weighted by Gasteiger charge is -2.33. The quantitative estimate of drug-likeness (QED) is 0.920. The van der Waals surface area contributed by atoms with E-state index in [-0.39, 0.29) is 5.92 Å². The third kappa shape index (κ3) is 2.78. The molecule has 1 aromatic carbocycles. The van der Waals surface area contributed by atoms with Crippen molar-refractivity contribution in [3.63, 3.8) is 0 Å². The Labute approximate surface area is 140 Å². The first-order valence-corrected chi connectivity index (χ1v) is 9.23. The molecule has 5 heteroatoms. The molecule has 2 aliphatic heterocycles. The third-order valence-electron chi connectivity index (χ3n) is 4.88. The van der Waals surface area contributed by atoms with Crippen LogP contribution in [-0.2, 0) is 4.79 Å². The molecule has 3 heterocycles. The van der Waals surface area contributed by atoms with Crippen LogP contribution < -0.4 is 0 Å². The van der Waals surface area contributed by atoms with E-state index in [0.29, 0.717) is 11.8 Å². The van der Waals surface area contributed by atoms with Crippen molar-refractivity contribution in [1.82, 2.24) is 15.1 Å². The van der Waals surface area contributed by atoms with E-state index in [4.69, 9.17) is 0 Å². The Balaban J connectivity index is 1.51. The fourth-order valence-corrected chi connectivity index (χ4v) is 4.87. The van der Waals surface area contributed by atoms with Crippen LogP contribution in [0.25, 0.3) is 0 Å². The lowest BCUT2D eigenvalue weighted by Crippen LogP contribution is -2.41. The number of hydrogen-bond acceptors (Lipinski definition) is 3. The highest BCUT2D eigenvalue weighted by Crippen LogP contribution is 2.41. The van der Waals surface area contributed by atoms with E-state index in [1.54, 1.807) is 11.8 Å². The molecule has 0 aliphatic carbocycles. The molecule has 0 spiro atoms. The number of rotatable bonds is 2. The van der Waals surface area contributed by atoms with Crippen molar-refractivity contribution in [2.24, 2.45) is 0 Å². The van der Waals surface area contributed by atoms with Gasteiger partial charge in [0.15, 0.2) is 0 Å². The summed E-state index contributed by atoms with van der Waals surface area (Å²) in [7, 11) is 0. The molecule has 2 aliphatic rings. The number of aromatic amines is 1. The van der Waals surface area contributed by atoms with E-state index >= 15 is 0 Å². The molecule has 4 rings (SSSR count). The van der Waals surface area contributed by atoms with Gasteiger partial charge < -0.3 is 4.90 Å². The van der Waals surface area contributed by atoms with Gasteiger partial charge in [0.2, 0.25) is 5.91 Å². The summed E-state index contributed by atoms with van der Waals surface area (Å²) < 4.78 is 0. The summed E-state index contributed by atoms with van der Waals surface area (Å²) >= 11 is 1.80. The molecular weight excluding hydrogens is 306 g/mol. The summed E-state index contributed by atoms with van der Waals surface area (Å²) in [4.78, 5) is 16.4. The maximum atomic E-state index is 13.0. The fraction of sp³-hybridized carbons (Fsp3) is 0.444. The summed E-state index contributed by atoms with van der Waals surface area (Å²) in [5.74, 6) is 1.55. The molecule has 1 amide bonds. The monoisotopic (exact) mass is 327 g/mol. The predicted octanol–water partition coefficient (Wildman–Crippen LogP) is 3.31. The summed E-state index contributed by atoms with van der Waals surface area (Å²) in [6.07, 6.45) is 2.17. The number of hydrogen-bond donors (Lipinski definition) is 1. The van der Waals surface area contributed by atoms with E-state index in [2.05, 4.69) is 39.4 Å². The van der Waals surface area contributed by atoms with E-state index in [1.807, 2.05) is 13.0 Å². The van der Waals surface area contributed by atoms with Gasteiger partial charge in [-0.2, -0.15) is 5.10 Å². The highest BCUT2D eigenvalue weighted by molar-refractivity contribution is 7.99. The first-order chi connectivity index (χ1) is 11.2. The van der Waals surface area contributed by atoms with Crippen molar-refractivity contribution in [2.75, 3.05) is 18.8 Å². The smallest absolute Gasteiger partial charge is 0.231 e. The fourth-order valence-electron chi connectivity index (χ4n) is 3.65. The van der Waals surface area contributed by atoms with Crippen LogP contribution in [0, 0.1) is 6.92 Å². The molecule has 1 fully saturated rings. The number of thioether (sulfide) groups is 1. The van der Waals surface area contributed by atoms with E-state index in [1.165, 1.54) is 10.5 Å². The number of nitrogens with zero attached hydrogens (tertiary/aromatic N) is 2. The van der Waals surface area contributed by atoms with Gasteiger partial charge in [0.05, 0.1) is 11.6 Å². The van der Waals surface area contributed by atoms with Crippen LogP contribution in [0.15, 0.2) is 35.2 Å². The SMILES string of the molecule is Cc1cc([C@@H]2CCCN(C(=O)[C@@H]3CSc4ccccc43)C2)n[nH]1. The first-order valence-electron chi connectivity index (χ1n) is 8.25. The minimum Gasteiger partial charge on any atom is -0.341 e. The van der Waals surface area contributed by atoms with Gasteiger partial charge in [-0.1, -0.05) is 18.2 Å². The Morgan fingerprint density at radius 1 is 1.39 bits per heavy atom. The molecule has 0 unspecified atom stereocenters. The number of carbonyl (C=O) groups excluding carboxylic acids is 1. The predicted molar refractivity (Wildman–Crippen MR) is 91.8 cm³/mol. The topological polar surface area (TPSA) is 49.0 Å². The average Bonchev–Trinajstić information content (AvgIpc) is 3.20. The van der Waals surface area contributed by atoms with Crippen LogP contribution in [0.3, 0.4) is 0 Å². The van der Waals surface area contributed by atoms with Crippen LogP contribution in [-0.4, -0.2) is 39.8 Å². The van der Waals surface area contributed by atoms with Crippen molar-refractivity contribution in [2.45, 2.75) is 36.5 Å². The molecule has 2 aromatic rings. The number of H-pyrrole nitrogens is 1. The lowest BCUT2D eigenvalue weighted by atomic mass is 9.92. The van der Waals surface area contributed by atoms with E-state index < -0.39 is 0 Å². The molecule has 0 saturated carbocycles. The summed E-state index contributed by atoms with van der Waals surface area (Å²) in [6, 6.07) is 10.4. The summed E-state index contributed by atoms with van der Waals surface area (Å²) in [5, 5.41) is 7.42. The number of likely N-dealkylation sites (tertiary alicyclic amines) is 1. The van der Waals surface area contributed by atoms with Gasteiger partial charge in [0.1, 0.15) is 0 Å². The van der Waals surface area contributed by atoms with Crippen LogP contribution in [0.2, 0.25) is 0 Å². The lowest BCUT2D eigenvalue weighted by molar-refractivity contribution is -0.133. The minimum atomic E-state index is 0.0240. The standard InChI is InChI=1S/C18H21N3OS/c1-12-9-16(20-19-12)13-5-4-8-21(10-13)18(22)15-11-23-17-7-3-2-6-14(15)17/h2-3,6-7,9,13,15H,4-5,8,10-11H2,1H3,(H,19,20)/t13-,15-/m1/s1. The van der Waals surface area contributed by atoms with Crippen LogP contribution in [0.4, 0.5) is 0 Å². The summed E-state index contributed by atoms with van der Waals surface area (Å²) in [6.45, 7) is 3.70. The van der Waals surface area contributed by atoms with Crippen LogP contribution in [0.5, 0.6) is 0 Å². The maximum absolute atomic E-state index is 13.0. The maximum Gasteiger partial charge on any atom is 0.231 e. The molecular formula is C18H21N3OS. The Hall–Kier alpha value is -1.75. The zero-order chi connectivity index (χ0) is 15.8. The van der Waals surface area contributed by atoms with Crippen molar-refractivity contribution in [3.8, 4) is 0 Å². The zero-order valence-electron chi connectivity index (χ0n) is 13.3. The molecule has 0 bridgehead atoms. The number of benzene rings is 1. The van der Waals surface area contributed by atoms with Crippen molar-refractivity contribution >= 4 is 17.7 Å². The first kappa shape index (κ1) is 14.8. The second-order valence-corrected chi connectivity index (χ2v) is 7.56. The van der Waals surface area contributed by atoms with Crippen molar-refractivity contribution < 1.29 is 4.79 Å². The van der Waals surface area contributed by atoms with Gasteiger partial charge in [0, 0.05) is 35.3 Å². The molecule has 1 saturated heterocycles. The van der Waals surface area contributed by atoms with Gasteiger partial charge in [-0.25, -0.2) is 0 Å². The number of fused-ring (bicyclic) bond motifs is 1. The zero-order valence-corrected chi connectivity index (χ0v) is 14.1. The van der Waals surface area contributed by atoms with Gasteiger partial charge in [-0.3, -0.25) is 9.89 Å². The highest BCUT2D eigenvalue weighted by Gasteiger charge is 2.34. The van der Waals surface area contributed by atoms with Crippen LogP contribution in [0.1, 0.15) is 41.6 Å². The van der Waals surface area contributed by atoms with Crippen molar-refractivity contribution in [1.29, 1.82) is 0 Å². The molecule has 120 valence electrons. The number of carbonyl (C=O) groups is 1. The van der Waals surface area contributed by atoms with E-state index in [0.717, 1.165) is 43.1 Å². The summed E-state index contributed by atoms with van der Waals surface area (Å²) in [5.41, 5.74) is 3.39. The Morgan fingerprint density at radius 2 is 2.26 bits per heavy atom. The minimum absolute atomic E-state index is 0.0240. The molecule has 0 radical (unpaired) electrons. The Morgan fingerprint density at radius 3 is 3.09 bits per heavy atom. The molecule has 4 nitrogen and oxygen atoms in total. The molecule has 1 aromatic heterocycles.